The summed E-state index contributed by atoms with van der Waals surface area (Å²) in [7, 11) is 2.99. The number of rotatable bonds is 7. The minimum absolute atomic E-state index is 0.0377. The zero-order chi connectivity index (χ0) is 23.5. The van der Waals surface area contributed by atoms with Crippen molar-refractivity contribution in [1.82, 2.24) is 20.4 Å². The average molecular weight is 452 g/mol. The minimum Gasteiger partial charge on any atom is -0.468 e. The van der Waals surface area contributed by atoms with Crippen LogP contribution in [0.4, 0.5) is 4.39 Å². The van der Waals surface area contributed by atoms with E-state index in [-0.39, 0.29) is 19.5 Å². The highest BCUT2D eigenvalue weighted by Gasteiger charge is 2.18. The number of halogens is 1. The van der Waals surface area contributed by atoms with Crippen molar-refractivity contribution in [3.63, 3.8) is 0 Å². The highest BCUT2D eigenvalue weighted by Crippen LogP contribution is 2.35. The Morgan fingerprint density at radius 3 is 2.70 bits per heavy atom. The number of aromatic nitrogens is 2. The molecule has 0 atom stereocenters. The SMILES string of the molecule is COC(=O)CNC(=O)CNC(=O)Cc1coc2c(-c3cc4c(cnn4C)cc3F)cccc12. The van der Waals surface area contributed by atoms with Crippen LogP contribution >= 0.6 is 0 Å². The molecule has 0 aliphatic rings. The Balaban J connectivity index is 1.52. The zero-order valence-corrected chi connectivity index (χ0v) is 18.0. The number of aryl methyl sites for hydroxylation is 1. The van der Waals surface area contributed by atoms with Crippen LogP contribution in [0.1, 0.15) is 5.56 Å². The number of esters is 1. The third-order valence-corrected chi connectivity index (χ3v) is 5.26. The van der Waals surface area contributed by atoms with Crippen LogP contribution in [0.5, 0.6) is 0 Å². The molecule has 2 aromatic carbocycles. The third-order valence-electron chi connectivity index (χ3n) is 5.26. The molecule has 4 rings (SSSR count). The number of methoxy groups -OCH3 is 1. The molecule has 0 aliphatic carbocycles. The molecular formula is C23H21FN4O5. The first-order valence-electron chi connectivity index (χ1n) is 10.1. The van der Waals surface area contributed by atoms with Crippen LogP contribution in [0.25, 0.3) is 33.0 Å². The van der Waals surface area contributed by atoms with Crippen molar-refractivity contribution in [2.75, 3.05) is 20.2 Å². The van der Waals surface area contributed by atoms with E-state index in [1.54, 1.807) is 42.2 Å². The normalized spacial score (nSPS) is 11.0. The Morgan fingerprint density at radius 1 is 1.12 bits per heavy atom. The molecule has 2 N–H and O–H groups in total. The molecule has 9 nitrogen and oxygen atoms in total. The van der Waals surface area contributed by atoms with Gasteiger partial charge < -0.3 is 19.8 Å². The fourth-order valence-electron chi connectivity index (χ4n) is 3.56. The van der Waals surface area contributed by atoms with Gasteiger partial charge >= 0.3 is 5.97 Å². The number of fused-ring (bicyclic) bond motifs is 2. The molecule has 0 aliphatic heterocycles. The number of hydrogen-bond donors (Lipinski definition) is 2. The highest BCUT2D eigenvalue weighted by molar-refractivity contribution is 5.98. The van der Waals surface area contributed by atoms with Gasteiger partial charge in [-0.25, -0.2) is 4.39 Å². The number of benzene rings is 2. The first-order chi connectivity index (χ1) is 15.9. The quantitative estimate of drug-likeness (QED) is 0.415. The number of ether oxygens (including phenoxy) is 1. The van der Waals surface area contributed by atoms with Crippen molar-refractivity contribution < 1.29 is 27.9 Å². The summed E-state index contributed by atoms with van der Waals surface area (Å²) < 4.78 is 26.7. The molecule has 0 saturated carbocycles. The summed E-state index contributed by atoms with van der Waals surface area (Å²) in [6.45, 7) is -0.561. The maximum atomic E-state index is 14.9. The Bertz CT molecular complexity index is 1370. The van der Waals surface area contributed by atoms with Crippen molar-refractivity contribution in [2.45, 2.75) is 6.42 Å². The second-order valence-corrected chi connectivity index (χ2v) is 7.41. The van der Waals surface area contributed by atoms with Gasteiger partial charge in [-0.2, -0.15) is 5.10 Å². The molecule has 0 bridgehead atoms. The Morgan fingerprint density at radius 2 is 1.91 bits per heavy atom. The summed E-state index contributed by atoms with van der Waals surface area (Å²) in [6.07, 6.45) is 3.01. The highest BCUT2D eigenvalue weighted by atomic mass is 19.1. The van der Waals surface area contributed by atoms with Crippen LogP contribution in [0.2, 0.25) is 0 Å². The molecular weight excluding hydrogens is 431 g/mol. The van der Waals surface area contributed by atoms with E-state index in [9.17, 15) is 18.8 Å². The molecule has 0 radical (unpaired) electrons. The summed E-state index contributed by atoms with van der Waals surface area (Å²) in [5.74, 6) is -1.92. The van der Waals surface area contributed by atoms with E-state index in [2.05, 4.69) is 20.5 Å². The van der Waals surface area contributed by atoms with Crippen molar-refractivity contribution in [3.8, 4) is 11.1 Å². The van der Waals surface area contributed by atoms with Gasteiger partial charge in [0.25, 0.3) is 0 Å². The Hall–Kier alpha value is -4.21. The largest absolute Gasteiger partial charge is 0.468 e. The first-order valence-corrected chi connectivity index (χ1v) is 10.1. The van der Waals surface area contributed by atoms with Crippen LogP contribution in [0.3, 0.4) is 0 Å². The topological polar surface area (TPSA) is 115 Å². The molecule has 2 amide bonds. The number of hydrogen-bond acceptors (Lipinski definition) is 6. The summed E-state index contributed by atoms with van der Waals surface area (Å²) in [4.78, 5) is 35.1. The van der Waals surface area contributed by atoms with Crippen LogP contribution in [-0.2, 0) is 32.6 Å². The van der Waals surface area contributed by atoms with Gasteiger partial charge in [0, 0.05) is 34.5 Å². The lowest BCUT2D eigenvalue weighted by molar-refractivity contribution is -0.141. The van der Waals surface area contributed by atoms with E-state index >= 15 is 0 Å². The van der Waals surface area contributed by atoms with Crippen molar-refractivity contribution in [3.05, 3.63) is 54.2 Å². The minimum atomic E-state index is -0.589. The predicted octanol–water partition coefficient (Wildman–Crippen LogP) is 2.07. The second kappa shape index (κ2) is 9.11. The number of furan rings is 1. The standard InChI is InChI=1S/C23H21FN4O5/c1-28-19-8-17(18(24)6-13(19)9-27-28)16-5-3-4-15-14(12-33-23(15)16)7-20(29)25-10-21(30)26-11-22(31)32-2/h3-6,8-9,12H,7,10-11H2,1-2H3,(H,25,29)(H,26,30). The van der Waals surface area contributed by atoms with Gasteiger partial charge in [0.2, 0.25) is 11.8 Å². The van der Waals surface area contributed by atoms with E-state index in [4.69, 9.17) is 4.42 Å². The Labute approximate surface area is 187 Å². The molecule has 0 spiro atoms. The molecule has 10 heteroatoms. The van der Waals surface area contributed by atoms with Crippen LogP contribution < -0.4 is 10.6 Å². The van der Waals surface area contributed by atoms with E-state index in [0.717, 1.165) is 5.52 Å². The summed E-state index contributed by atoms with van der Waals surface area (Å²) in [5, 5.41) is 10.3. The first kappa shape index (κ1) is 22.0. The summed E-state index contributed by atoms with van der Waals surface area (Å²) >= 11 is 0. The lowest BCUT2D eigenvalue weighted by atomic mass is 10.00. The average Bonchev–Trinajstić information content (AvgIpc) is 3.38. The van der Waals surface area contributed by atoms with Gasteiger partial charge in [0.15, 0.2) is 0 Å². The van der Waals surface area contributed by atoms with Gasteiger partial charge in [0.05, 0.1) is 38.1 Å². The molecule has 33 heavy (non-hydrogen) atoms. The number of carbonyl (C=O) groups excluding carboxylic acids is 3. The monoisotopic (exact) mass is 452 g/mol. The number of carbonyl (C=O) groups is 3. The smallest absolute Gasteiger partial charge is 0.325 e. The van der Waals surface area contributed by atoms with Gasteiger partial charge in [-0.3, -0.25) is 19.1 Å². The lowest BCUT2D eigenvalue weighted by Gasteiger charge is -2.07. The fourth-order valence-corrected chi connectivity index (χ4v) is 3.56. The fraction of sp³-hybridized carbons (Fsp3) is 0.217. The maximum Gasteiger partial charge on any atom is 0.325 e. The molecule has 0 saturated heterocycles. The summed E-state index contributed by atoms with van der Waals surface area (Å²) in [5.41, 5.74) is 2.75. The predicted molar refractivity (Wildman–Crippen MR) is 118 cm³/mol. The van der Waals surface area contributed by atoms with Crippen molar-refractivity contribution >= 4 is 39.7 Å². The van der Waals surface area contributed by atoms with Gasteiger partial charge in [-0.15, -0.1) is 0 Å². The second-order valence-electron chi connectivity index (χ2n) is 7.41. The third kappa shape index (κ3) is 4.54. The lowest BCUT2D eigenvalue weighted by Crippen LogP contribution is -2.39. The number of amides is 2. The van der Waals surface area contributed by atoms with Crippen molar-refractivity contribution in [2.24, 2.45) is 7.05 Å². The number of nitrogens with one attached hydrogen (secondary N) is 2. The van der Waals surface area contributed by atoms with Gasteiger partial charge in [-0.1, -0.05) is 18.2 Å². The molecule has 0 unspecified atom stereocenters. The Kier molecular flexibility index (Phi) is 6.07. The van der Waals surface area contributed by atoms with E-state index < -0.39 is 23.6 Å². The molecule has 4 aromatic rings. The van der Waals surface area contributed by atoms with E-state index in [0.29, 0.717) is 33.0 Å². The zero-order valence-electron chi connectivity index (χ0n) is 18.0. The molecule has 2 heterocycles. The molecule has 2 aromatic heterocycles. The van der Waals surface area contributed by atoms with E-state index in [1.807, 2.05) is 0 Å². The van der Waals surface area contributed by atoms with Crippen molar-refractivity contribution in [1.29, 1.82) is 0 Å². The summed E-state index contributed by atoms with van der Waals surface area (Å²) in [6, 6.07) is 8.45. The van der Waals surface area contributed by atoms with Crippen LogP contribution in [-0.4, -0.2) is 47.8 Å². The van der Waals surface area contributed by atoms with E-state index in [1.165, 1.54) is 19.4 Å². The molecule has 170 valence electrons. The van der Waals surface area contributed by atoms with Gasteiger partial charge in [0.1, 0.15) is 17.9 Å². The maximum absolute atomic E-state index is 14.9. The van der Waals surface area contributed by atoms with Crippen LogP contribution in [0, 0.1) is 5.82 Å². The number of nitrogens with zero attached hydrogens (tertiary/aromatic N) is 2. The van der Waals surface area contributed by atoms with Gasteiger partial charge in [-0.05, 0) is 12.1 Å². The number of para-hydroxylation sites is 1. The molecule has 0 fully saturated rings. The van der Waals surface area contributed by atoms with Crippen LogP contribution in [0.15, 0.2) is 47.2 Å².